The van der Waals surface area contributed by atoms with Crippen LogP contribution in [0.4, 0.5) is 13.2 Å². The third kappa shape index (κ3) is 4.77. The van der Waals surface area contributed by atoms with Gasteiger partial charge in [0.25, 0.3) is 0 Å². The second kappa shape index (κ2) is 5.53. The van der Waals surface area contributed by atoms with Crippen molar-refractivity contribution in [3.8, 4) is 0 Å². The van der Waals surface area contributed by atoms with Gasteiger partial charge in [0, 0.05) is 31.4 Å². The fourth-order valence-electron chi connectivity index (χ4n) is 1.73. The molecule has 1 aromatic heterocycles. The highest BCUT2D eigenvalue weighted by Gasteiger charge is 2.29. The third-order valence-electron chi connectivity index (χ3n) is 2.51. The van der Waals surface area contributed by atoms with Crippen LogP contribution in [-0.4, -0.2) is 22.0 Å². The van der Waals surface area contributed by atoms with Gasteiger partial charge in [-0.05, 0) is 13.3 Å². The summed E-state index contributed by atoms with van der Waals surface area (Å²) in [6.45, 7) is 3.94. The summed E-state index contributed by atoms with van der Waals surface area (Å²) in [5.74, 6) is 0. The van der Waals surface area contributed by atoms with Crippen molar-refractivity contribution < 1.29 is 13.2 Å². The van der Waals surface area contributed by atoms with E-state index >= 15 is 0 Å². The molecule has 0 bridgehead atoms. The Hall–Kier alpha value is -1.04. The molecule has 6 heteroatoms. The predicted molar refractivity (Wildman–Crippen MR) is 59.6 cm³/mol. The quantitative estimate of drug-likeness (QED) is 0.868. The fraction of sp³-hybridized carbons (Fsp3) is 0.727. The Labute approximate surface area is 99.0 Å². The lowest BCUT2D eigenvalue weighted by Gasteiger charge is -2.15. The molecule has 0 saturated carbocycles. The minimum atomic E-state index is -4.12. The average molecular weight is 249 g/mol. The van der Waals surface area contributed by atoms with Crippen LogP contribution in [0.5, 0.6) is 0 Å². The molecule has 0 aliphatic rings. The van der Waals surface area contributed by atoms with E-state index in [4.69, 9.17) is 0 Å². The largest absolute Gasteiger partial charge is 0.390 e. The van der Waals surface area contributed by atoms with Crippen molar-refractivity contribution >= 4 is 0 Å². The molecule has 0 aliphatic carbocycles. The summed E-state index contributed by atoms with van der Waals surface area (Å²) < 4.78 is 38.1. The summed E-state index contributed by atoms with van der Waals surface area (Å²) >= 11 is 0. The van der Waals surface area contributed by atoms with Gasteiger partial charge >= 0.3 is 6.18 Å². The second-order valence-corrected chi connectivity index (χ2v) is 4.23. The lowest BCUT2D eigenvalue weighted by molar-refractivity contribution is -0.139. The Balaban J connectivity index is 2.49. The van der Waals surface area contributed by atoms with Gasteiger partial charge in [0.15, 0.2) is 0 Å². The molecule has 0 saturated heterocycles. The van der Waals surface area contributed by atoms with Crippen molar-refractivity contribution in [3.05, 3.63) is 17.5 Å². The molecule has 0 amide bonds. The van der Waals surface area contributed by atoms with E-state index in [0.29, 0.717) is 6.54 Å². The molecule has 17 heavy (non-hydrogen) atoms. The maximum Gasteiger partial charge on any atom is 0.390 e. The molecule has 0 spiro atoms. The number of rotatable bonds is 5. The van der Waals surface area contributed by atoms with Crippen LogP contribution in [0.15, 0.2) is 6.20 Å². The zero-order valence-electron chi connectivity index (χ0n) is 10.3. The van der Waals surface area contributed by atoms with Gasteiger partial charge in [-0.15, -0.1) is 0 Å². The first-order valence-electron chi connectivity index (χ1n) is 5.63. The molecule has 3 nitrogen and oxygen atoms in total. The van der Waals surface area contributed by atoms with E-state index in [2.05, 4.69) is 10.4 Å². The van der Waals surface area contributed by atoms with E-state index in [1.165, 1.54) is 6.92 Å². The summed E-state index contributed by atoms with van der Waals surface area (Å²) in [5.41, 5.74) is 1.89. The zero-order chi connectivity index (χ0) is 13.1. The Bertz CT molecular complexity index is 357. The van der Waals surface area contributed by atoms with E-state index < -0.39 is 18.6 Å². The summed E-state index contributed by atoms with van der Waals surface area (Å²) in [5, 5.41) is 7.11. The first-order valence-corrected chi connectivity index (χ1v) is 5.63. The molecule has 1 rings (SSSR count). The minimum Gasteiger partial charge on any atom is -0.310 e. The van der Waals surface area contributed by atoms with E-state index in [0.717, 1.165) is 17.7 Å². The molecule has 1 N–H and O–H groups in total. The highest BCUT2D eigenvalue weighted by molar-refractivity contribution is 5.16. The van der Waals surface area contributed by atoms with Crippen molar-refractivity contribution in [1.82, 2.24) is 15.1 Å². The third-order valence-corrected chi connectivity index (χ3v) is 2.51. The lowest BCUT2D eigenvalue weighted by atomic mass is 10.2. The number of halogens is 3. The molecule has 0 aromatic carbocycles. The first-order chi connectivity index (χ1) is 7.81. The highest BCUT2D eigenvalue weighted by atomic mass is 19.4. The predicted octanol–water partition coefficient (Wildman–Crippen LogP) is 2.41. The first kappa shape index (κ1) is 14.0. The maximum absolute atomic E-state index is 12.1. The standard InChI is InChI=1S/C11H18F3N3/c1-4-10-9(7-17(3)16-10)6-15-8(2)5-11(12,13)14/h7-8,15H,4-6H2,1-3H3. The molecule has 1 unspecified atom stereocenters. The molecular weight excluding hydrogens is 231 g/mol. The molecule has 0 fully saturated rings. The Kier molecular flexibility index (Phi) is 4.56. The second-order valence-electron chi connectivity index (χ2n) is 4.23. The summed E-state index contributed by atoms with van der Waals surface area (Å²) in [4.78, 5) is 0. The number of alkyl halides is 3. The van der Waals surface area contributed by atoms with Gasteiger partial charge in [0.05, 0.1) is 12.1 Å². The van der Waals surface area contributed by atoms with Crippen molar-refractivity contribution in [1.29, 1.82) is 0 Å². The normalized spacial score (nSPS) is 14.0. The number of hydrogen-bond acceptors (Lipinski definition) is 2. The Morgan fingerprint density at radius 2 is 2.12 bits per heavy atom. The van der Waals surface area contributed by atoms with Gasteiger partial charge in [0.1, 0.15) is 0 Å². The molecule has 1 aromatic rings. The summed E-state index contributed by atoms with van der Waals surface area (Å²) in [6, 6.07) is -0.583. The molecule has 1 heterocycles. The van der Waals surface area contributed by atoms with Crippen LogP contribution in [0.25, 0.3) is 0 Å². The highest BCUT2D eigenvalue weighted by Crippen LogP contribution is 2.21. The van der Waals surface area contributed by atoms with Crippen LogP contribution in [-0.2, 0) is 20.0 Å². The smallest absolute Gasteiger partial charge is 0.310 e. The van der Waals surface area contributed by atoms with Crippen molar-refractivity contribution in [2.75, 3.05) is 0 Å². The SMILES string of the molecule is CCc1nn(C)cc1CNC(C)CC(F)(F)F. The molecular formula is C11H18F3N3. The summed E-state index contributed by atoms with van der Waals surface area (Å²) in [6.07, 6.45) is -2.30. The molecule has 98 valence electrons. The molecule has 0 aliphatic heterocycles. The van der Waals surface area contributed by atoms with Crippen molar-refractivity contribution in [2.45, 2.75) is 45.5 Å². The van der Waals surface area contributed by atoms with Crippen LogP contribution < -0.4 is 5.32 Å². The van der Waals surface area contributed by atoms with E-state index in [1.807, 2.05) is 20.2 Å². The fourth-order valence-corrected chi connectivity index (χ4v) is 1.73. The topological polar surface area (TPSA) is 29.9 Å². The van der Waals surface area contributed by atoms with Gasteiger partial charge < -0.3 is 5.32 Å². The van der Waals surface area contributed by atoms with E-state index in [9.17, 15) is 13.2 Å². The van der Waals surface area contributed by atoms with Crippen LogP contribution in [0.2, 0.25) is 0 Å². The lowest BCUT2D eigenvalue weighted by Crippen LogP contribution is -2.30. The van der Waals surface area contributed by atoms with Crippen LogP contribution in [0.1, 0.15) is 31.5 Å². The van der Waals surface area contributed by atoms with Gasteiger partial charge in [-0.1, -0.05) is 6.92 Å². The van der Waals surface area contributed by atoms with Crippen molar-refractivity contribution in [3.63, 3.8) is 0 Å². The molecule has 0 radical (unpaired) electrons. The Morgan fingerprint density at radius 3 is 2.65 bits per heavy atom. The van der Waals surface area contributed by atoms with Gasteiger partial charge in [0.2, 0.25) is 0 Å². The summed E-state index contributed by atoms with van der Waals surface area (Å²) in [7, 11) is 1.81. The van der Waals surface area contributed by atoms with Gasteiger partial charge in [-0.25, -0.2) is 0 Å². The number of nitrogens with zero attached hydrogens (tertiary/aromatic N) is 2. The van der Waals surface area contributed by atoms with Crippen LogP contribution >= 0.6 is 0 Å². The number of aryl methyl sites for hydroxylation is 2. The van der Waals surface area contributed by atoms with E-state index in [-0.39, 0.29) is 0 Å². The number of nitrogens with one attached hydrogen (secondary N) is 1. The van der Waals surface area contributed by atoms with Crippen molar-refractivity contribution in [2.24, 2.45) is 7.05 Å². The molecule has 1 atom stereocenters. The average Bonchev–Trinajstić information content (AvgIpc) is 2.53. The maximum atomic E-state index is 12.1. The van der Waals surface area contributed by atoms with E-state index in [1.54, 1.807) is 4.68 Å². The zero-order valence-corrected chi connectivity index (χ0v) is 10.3. The van der Waals surface area contributed by atoms with Crippen LogP contribution in [0.3, 0.4) is 0 Å². The minimum absolute atomic E-state index is 0.425. The number of aromatic nitrogens is 2. The number of hydrogen-bond donors (Lipinski definition) is 1. The van der Waals surface area contributed by atoms with Gasteiger partial charge in [-0.2, -0.15) is 18.3 Å². The monoisotopic (exact) mass is 249 g/mol. The Morgan fingerprint density at radius 1 is 1.47 bits per heavy atom. The van der Waals surface area contributed by atoms with Gasteiger partial charge in [-0.3, -0.25) is 4.68 Å². The van der Waals surface area contributed by atoms with Crippen LogP contribution in [0, 0.1) is 0 Å².